The summed E-state index contributed by atoms with van der Waals surface area (Å²) in [6.07, 6.45) is 1.76. The zero-order valence-corrected chi connectivity index (χ0v) is 11.7. The lowest BCUT2D eigenvalue weighted by molar-refractivity contribution is -0.119. The minimum Gasteiger partial charge on any atom is -0.376 e. The maximum atomic E-state index is 11.4. The van der Waals surface area contributed by atoms with E-state index in [-0.39, 0.29) is 12.5 Å². The lowest BCUT2D eigenvalue weighted by Gasteiger charge is -2.08. The topological polar surface area (TPSA) is 54.0 Å². The van der Waals surface area contributed by atoms with Gasteiger partial charge in [0, 0.05) is 23.8 Å². The van der Waals surface area contributed by atoms with E-state index in [9.17, 15) is 4.79 Å². The zero-order valence-electron chi connectivity index (χ0n) is 11.7. The van der Waals surface area contributed by atoms with Crippen LogP contribution in [0.1, 0.15) is 20.8 Å². The summed E-state index contributed by atoms with van der Waals surface area (Å²) in [5.74, 6) is -0.00612. The molecule has 19 heavy (non-hydrogen) atoms. The first-order valence-electron chi connectivity index (χ1n) is 6.65. The van der Waals surface area contributed by atoms with Crippen molar-refractivity contribution < 1.29 is 4.79 Å². The predicted octanol–water partition coefficient (Wildman–Crippen LogP) is 2.81. The third-order valence-corrected chi connectivity index (χ3v) is 2.46. The first-order chi connectivity index (χ1) is 9.31. The number of rotatable bonds is 4. The second-order valence-electron chi connectivity index (χ2n) is 3.68. The molecule has 102 valence electrons. The molecule has 1 aromatic heterocycles. The average molecular weight is 259 g/mol. The summed E-state index contributed by atoms with van der Waals surface area (Å²) in [5, 5.41) is 6.89. The monoisotopic (exact) mass is 259 g/mol. The standard InChI is InChI=1S/C13H15N3O.C2H6/c1-2-14-13(17)9-16-12-7-3-6-11-10(12)5-4-8-15-11;1-2/h3-8,16H,2,9H2,1H3,(H,14,17);1-2H3. The Kier molecular flexibility index (Phi) is 6.36. The minimum absolute atomic E-state index is 0.00612. The number of hydrogen-bond donors (Lipinski definition) is 2. The third kappa shape index (κ3) is 4.25. The molecular weight excluding hydrogens is 238 g/mol. The first kappa shape index (κ1) is 15.0. The number of nitrogens with one attached hydrogen (secondary N) is 2. The lowest BCUT2D eigenvalue weighted by atomic mass is 10.2. The molecule has 1 amide bonds. The Morgan fingerprint density at radius 3 is 2.74 bits per heavy atom. The number of amides is 1. The van der Waals surface area contributed by atoms with E-state index in [2.05, 4.69) is 15.6 Å². The Morgan fingerprint density at radius 1 is 1.21 bits per heavy atom. The molecule has 0 aliphatic heterocycles. The summed E-state index contributed by atoms with van der Waals surface area (Å²) < 4.78 is 0. The molecule has 1 aromatic carbocycles. The molecule has 0 unspecified atom stereocenters. The van der Waals surface area contributed by atoms with E-state index < -0.39 is 0 Å². The van der Waals surface area contributed by atoms with Gasteiger partial charge in [0.05, 0.1) is 12.1 Å². The fourth-order valence-corrected chi connectivity index (χ4v) is 1.69. The smallest absolute Gasteiger partial charge is 0.239 e. The molecule has 2 aromatic rings. The van der Waals surface area contributed by atoms with Gasteiger partial charge in [-0.05, 0) is 31.2 Å². The SMILES string of the molecule is CC.CCNC(=O)CNc1cccc2ncccc12. The molecule has 0 saturated carbocycles. The quantitative estimate of drug-likeness (QED) is 0.887. The second kappa shape index (κ2) is 8.08. The van der Waals surface area contributed by atoms with Crippen LogP contribution < -0.4 is 10.6 Å². The van der Waals surface area contributed by atoms with E-state index in [1.807, 2.05) is 51.1 Å². The van der Waals surface area contributed by atoms with Crippen molar-refractivity contribution >= 4 is 22.5 Å². The Hall–Kier alpha value is -2.10. The van der Waals surface area contributed by atoms with Gasteiger partial charge in [0.2, 0.25) is 5.91 Å². The van der Waals surface area contributed by atoms with Crippen LogP contribution in [-0.4, -0.2) is 24.0 Å². The van der Waals surface area contributed by atoms with Crippen LogP contribution in [0, 0.1) is 0 Å². The number of fused-ring (bicyclic) bond motifs is 1. The van der Waals surface area contributed by atoms with E-state index in [1.165, 1.54) is 0 Å². The first-order valence-corrected chi connectivity index (χ1v) is 6.65. The van der Waals surface area contributed by atoms with Gasteiger partial charge in [-0.1, -0.05) is 19.9 Å². The van der Waals surface area contributed by atoms with Crippen molar-refractivity contribution in [1.29, 1.82) is 0 Å². The van der Waals surface area contributed by atoms with Gasteiger partial charge in [0.25, 0.3) is 0 Å². The lowest BCUT2D eigenvalue weighted by Crippen LogP contribution is -2.29. The Morgan fingerprint density at radius 2 is 2.00 bits per heavy atom. The predicted molar refractivity (Wildman–Crippen MR) is 80.3 cm³/mol. The highest BCUT2D eigenvalue weighted by Crippen LogP contribution is 2.20. The van der Waals surface area contributed by atoms with E-state index in [0.717, 1.165) is 16.6 Å². The van der Waals surface area contributed by atoms with E-state index >= 15 is 0 Å². The number of benzene rings is 1. The van der Waals surface area contributed by atoms with E-state index in [4.69, 9.17) is 0 Å². The largest absolute Gasteiger partial charge is 0.376 e. The van der Waals surface area contributed by atoms with Crippen molar-refractivity contribution in [3.63, 3.8) is 0 Å². The molecule has 0 spiro atoms. The third-order valence-electron chi connectivity index (χ3n) is 2.46. The van der Waals surface area contributed by atoms with Gasteiger partial charge < -0.3 is 10.6 Å². The zero-order chi connectivity index (χ0) is 14.1. The molecule has 2 N–H and O–H groups in total. The van der Waals surface area contributed by atoms with Crippen molar-refractivity contribution in [3.05, 3.63) is 36.5 Å². The van der Waals surface area contributed by atoms with Crippen LogP contribution in [0.4, 0.5) is 5.69 Å². The molecular formula is C15H21N3O. The van der Waals surface area contributed by atoms with Crippen LogP contribution in [-0.2, 0) is 4.79 Å². The minimum atomic E-state index is -0.00612. The van der Waals surface area contributed by atoms with Crippen LogP contribution in [0.2, 0.25) is 0 Å². The highest BCUT2D eigenvalue weighted by molar-refractivity contribution is 5.92. The van der Waals surface area contributed by atoms with Gasteiger partial charge in [-0.2, -0.15) is 0 Å². The summed E-state index contributed by atoms with van der Waals surface area (Å²) in [5.41, 5.74) is 1.86. The summed E-state index contributed by atoms with van der Waals surface area (Å²) in [6.45, 7) is 6.83. The van der Waals surface area contributed by atoms with E-state index in [0.29, 0.717) is 6.54 Å². The molecule has 0 atom stereocenters. The van der Waals surface area contributed by atoms with Crippen molar-refractivity contribution in [2.75, 3.05) is 18.4 Å². The summed E-state index contributed by atoms with van der Waals surface area (Å²) in [7, 11) is 0. The molecule has 0 fully saturated rings. The summed E-state index contributed by atoms with van der Waals surface area (Å²) in [6, 6.07) is 9.70. The second-order valence-corrected chi connectivity index (χ2v) is 3.68. The Labute approximate surface area is 114 Å². The van der Waals surface area contributed by atoms with Crippen LogP contribution in [0.5, 0.6) is 0 Å². The van der Waals surface area contributed by atoms with Gasteiger partial charge in [0.1, 0.15) is 0 Å². The van der Waals surface area contributed by atoms with Gasteiger partial charge in [-0.3, -0.25) is 9.78 Å². The number of nitrogens with zero attached hydrogens (tertiary/aromatic N) is 1. The van der Waals surface area contributed by atoms with Crippen molar-refractivity contribution in [1.82, 2.24) is 10.3 Å². The average Bonchev–Trinajstić information content (AvgIpc) is 2.47. The van der Waals surface area contributed by atoms with Crippen LogP contribution in [0.15, 0.2) is 36.5 Å². The van der Waals surface area contributed by atoms with Crippen LogP contribution in [0.25, 0.3) is 10.9 Å². The Bertz CT molecular complexity index is 520. The molecule has 1 heterocycles. The van der Waals surface area contributed by atoms with Gasteiger partial charge in [-0.15, -0.1) is 0 Å². The fourth-order valence-electron chi connectivity index (χ4n) is 1.69. The summed E-state index contributed by atoms with van der Waals surface area (Å²) in [4.78, 5) is 15.6. The molecule has 4 nitrogen and oxygen atoms in total. The number of anilines is 1. The Balaban J connectivity index is 0.000000861. The molecule has 0 radical (unpaired) electrons. The number of aromatic nitrogens is 1. The number of hydrogen-bond acceptors (Lipinski definition) is 3. The molecule has 0 aliphatic rings. The highest BCUT2D eigenvalue weighted by atomic mass is 16.1. The molecule has 2 rings (SSSR count). The maximum absolute atomic E-state index is 11.4. The number of carbonyl (C=O) groups is 1. The van der Waals surface area contributed by atoms with Gasteiger partial charge in [0.15, 0.2) is 0 Å². The molecule has 4 heteroatoms. The number of pyridine rings is 1. The molecule has 0 aliphatic carbocycles. The number of carbonyl (C=O) groups excluding carboxylic acids is 1. The van der Waals surface area contributed by atoms with Crippen LogP contribution in [0.3, 0.4) is 0 Å². The van der Waals surface area contributed by atoms with Crippen LogP contribution >= 0.6 is 0 Å². The highest BCUT2D eigenvalue weighted by Gasteiger charge is 2.02. The van der Waals surface area contributed by atoms with Crippen molar-refractivity contribution in [3.8, 4) is 0 Å². The van der Waals surface area contributed by atoms with Gasteiger partial charge >= 0.3 is 0 Å². The number of likely N-dealkylation sites (N-methyl/N-ethyl adjacent to an activating group) is 1. The van der Waals surface area contributed by atoms with Crippen molar-refractivity contribution in [2.45, 2.75) is 20.8 Å². The fraction of sp³-hybridized carbons (Fsp3) is 0.333. The van der Waals surface area contributed by atoms with E-state index in [1.54, 1.807) is 6.20 Å². The molecule has 0 bridgehead atoms. The van der Waals surface area contributed by atoms with Gasteiger partial charge in [-0.25, -0.2) is 0 Å². The normalized spacial score (nSPS) is 9.42. The maximum Gasteiger partial charge on any atom is 0.239 e. The molecule has 0 saturated heterocycles. The van der Waals surface area contributed by atoms with Crippen molar-refractivity contribution in [2.24, 2.45) is 0 Å². The summed E-state index contributed by atoms with van der Waals surface area (Å²) >= 11 is 0.